The van der Waals surface area contributed by atoms with E-state index in [1.54, 1.807) is 43.6 Å². The van der Waals surface area contributed by atoms with Crippen LogP contribution in [0.15, 0.2) is 36.5 Å². The van der Waals surface area contributed by atoms with Crippen LogP contribution in [-0.2, 0) is 4.79 Å². The predicted octanol–water partition coefficient (Wildman–Crippen LogP) is 3.77. The Labute approximate surface area is 212 Å². The van der Waals surface area contributed by atoms with Gasteiger partial charge in [0.05, 0.1) is 17.8 Å². The Hall–Kier alpha value is -2.84. The number of methoxy groups -OCH3 is 1. The Balaban J connectivity index is 1.36. The van der Waals surface area contributed by atoms with Gasteiger partial charge in [-0.1, -0.05) is 11.6 Å². The van der Waals surface area contributed by atoms with Crippen molar-refractivity contribution >= 4 is 34.9 Å². The summed E-state index contributed by atoms with van der Waals surface area (Å²) >= 11 is 6.21. The van der Waals surface area contributed by atoms with E-state index in [0.29, 0.717) is 40.2 Å². The first-order chi connectivity index (χ1) is 16.9. The summed E-state index contributed by atoms with van der Waals surface area (Å²) in [5.74, 6) is 1.80. The van der Waals surface area contributed by atoms with Crippen molar-refractivity contribution in [3.05, 3.63) is 47.1 Å². The highest BCUT2D eigenvalue weighted by Gasteiger charge is 2.27. The maximum atomic E-state index is 12.9. The Morgan fingerprint density at radius 3 is 2.54 bits per heavy atom. The van der Waals surface area contributed by atoms with Crippen molar-refractivity contribution in [2.24, 2.45) is 5.92 Å². The molecule has 1 N–H and O–H groups in total. The van der Waals surface area contributed by atoms with Crippen molar-refractivity contribution in [3.63, 3.8) is 0 Å². The first-order valence-electron chi connectivity index (χ1n) is 12.2. The van der Waals surface area contributed by atoms with E-state index in [4.69, 9.17) is 16.3 Å². The highest BCUT2D eigenvalue weighted by Crippen LogP contribution is 2.31. The number of anilines is 2. The lowest BCUT2D eigenvalue weighted by Crippen LogP contribution is -2.39. The van der Waals surface area contributed by atoms with Gasteiger partial charge in [-0.15, -0.1) is 0 Å². The van der Waals surface area contributed by atoms with E-state index in [1.165, 1.54) is 0 Å². The number of hydrogen-bond acceptors (Lipinski definition) is 6. The van der Waals surface area contributed by atoms with Crippen LogP contribution >= 0.6 is 11.6 Å². The fourth-order valence-electron chi connectivity index (χ4n) is 4.73. The van der Waals surface area contributed by atoms with Crippen LogP contribution in [0, 0.1) is 5.92 Å². The van der Waals surface area contributed by atoms with Crippen LogP contribution in [-0.4, -0.2) is 80.0 Å². The number of likely N-dealkylation sites (N-methyl/N-ethyl adjacent to an activating group) is 1. The zero-order chi connectivity index (χ0) is 24.8. The largest absolute Gasteiger partial charge is 0.497 e. The molecule has 2 aromatic rings. The molecule has 4 rings (SSSR count). The van der Waals surface area contributed by atoms with Gasteiger partial charge in [-0.25, -0.2) is 4.98 Å². The summed E-state index contributed by atoms with van der Waals surface area (Å²) in [5.41, 5.74) is 1.11. The summed E-state index contributed by atoms with van der Waals surface area (Å²) < 4.78 is 5.17. The van der Waals surface area contributed by atoms with Gasteiger partial charge < -0.3 is 24.8 Å². The highest BCUT2D eigenvalue weighted by molar-refractivity contribution is 6.31. The summed E-state index contributed by atoms with van der Waals surface area (Å²) in [6.45, 7) is 5.22. The normalized spacial score (nSPS) is 17.7. The molecule has 0 radical (unpaired) electrons. The number of carbonyl (C=O) groups is 2. The molecule has 188 valence electrons. The van der Waals surface area contributed by atoms with E-state index in [1.807, 2.05) is 4.90 Å². The van der Waals surface area contributed by atoms with Gasteiger partial charge in [0.2, 0.25) is 5.91 Å². The first-order valence-corrected chi connectivity index (χ1v) is 12.6. The van der Waals surface area contributed by atoms with Gasteiger partial charge in [0.1, 0.15) is 5.75 Å². The number of rotatable bonds is 6. The van der Waals surface area contributed by atoms with E-state index in [2.05, 4.69) is 27.1 Å². The van der Waals surface area contributed by atoms with Gasteiger partial charge in [-0.05, 0) is 69.1 Å². The minimum Gasteiger partial charge on any atom is -0.497 e. The van der Waals surface area contributed by atoms with Crippen molar-refractivity contribution in [2.75, 3.05) is 63.6 Å². The molecule has 0 unspecified atom stereocenters. The molecule has 2 amide bonds. The van der Waals surface area contributed by atoms with Crippen LogP contribution in [0.25, 0.3) is 0 Å². The molecule has 3 heterocycles. The fraction of sp³-hybridized carbons (Fsp3) is 0.500. The lowest BCUT2D eigenvalue weighted by Gasteiger charge is -2.34. The smallest absolute Gasteiger partial charge is 0.255 e. The van der Waals surface area contributed by atoms with Crippen LogP contribution in [0.4, 0.5) is 11.5 Å². The molecule has 1 aromatic heterocycles. The molecule has 2 aliphatic rings. The van der Waals surface area contributed by atoms with E-state index in [0.717, 1.165) is 58.5 Å². The summed E-state index contributed by atoms with van der Waals surface area (Å²) in [6, 6.07) is 8.68. The average Bonchev–Trinajstić information content (AvgIpc) is 3.09. The lowest BCUT2D eigenvalue weighted by molar-refractivity contribution is -0.132. The van der Waals surface area contributed by atoms with Crippen molar-refractivity contribution in [2.45, 2.75) is 25.7 Å². The Kier molecular flexibility index (Phi) is 8.46. The third-order valence-electron chi connectivity index (χ3n) is 6.88. The quantitative estimate of drug-likeness (QED) is 0.652. The highest BCUT2D eigenvalue weighted by atomic mass is 35.5. The molecular formula is C26H34ClN5O3. The van der Waals surface area contributed by atoms with Crippen molar-refractivity contribution in [3.8, 4) is 5.75 Å². The summed E-state index contributed by atoms with van der Waals surface area (Å²) in [7, 11) is 3.70. The molecule has 2 aliphatic heterocycles. The molecule has 1 aromatic carbocycles. The molecule has 0 saturated carbocycles. The standard InChI is InChI=1S/C26H34ClN5O3/c1-30-10-3-11-31(15-14-30)24(33)16-19-8-12-32(13-9-19)25-23(17-21(27)18-28-25)29-26(34)20-4-6-22(35-2)7-5-20/h4-7,17-19H,3,8-16H2,1-2H3,(H,29,34). The molecule has 8 nitrogen and oxygen atoms in total. The van der Waals surface area contributed by atoms with Crippen LogP contribution < -0.4 is 15.0 Å². The first kappa shape index (κ1) is 25.3. The number of benzene rings is 1. The second kappa shape index (κ2) is 11.7. The number of piperidine rings is 1. The monoisotopic (exact) mass is 499 g/mol. The number of hydrogen-bond donors (Lipinski definition) is 1. The number of ether oxygens (including phenoxy) is 1. The Morgan fingerprint density at radius 2 is 1.83 bits per heavy atom. The lowest BCUT2D eigenvalue weighted by atomic mass is 9.93. The molecule has 0 bridgehead atoms. The van der Waals surface area contributed by atoms with Gasteiger partial charge >= 0.3 is 0 Å². The zero-order valence-corrected chi connectivity index (χ0v) is 21.3. The number of nitrogens with one attached hydrogen (secondary N) is 1. The van der Waals surface area contributed by atoms with E-state index >= 15 is 0 Å². The minimum atomic E-state index is -0.235. The molecule has 9 heteroatoms. The number of aromatic nitrogens is 1. The van der Waals surface area contributed by atoms with E-state index < -0.39 is 0 Å². The zero-order valence-electron chi connectivity index (χ0n) is 20.5. The topological polar surface area (TPSA) is 78.0 Å². The maximum absolute atomic E-state index is 12.9. The van der Waals surface area contributed by atoms with Gasteiger partial charge in [-0.2, -0.15) is 0 Å². The third kappa shape index (κ3) is 6.64. The van der Waals surface area contributed by atoms with Crippen LogP contribution in [0.1, 0.15) is 36.0 Å². The number of halogens is 1. The summed E-state index contributed by atoms with van der Waals surface area (Å²) in [6.07, 6.45) is 5.07. The van der Waals surface area contributed by atoms with E-state index in [-0.39, 0.29) is 11.8 Å². The second-order valence-electron chi connectivity index (χ2n) is 9.38. The maximum Gasteiger partial charge on any atom is 0.255 e. The molecule has 35 heavy (non-hydrogen) atoms. The molecule has 2 saturated heterocycles. The number of nitrogens with zero attached hydrogens (tertiary/aromatic N) is 4. The second-order valence-corrected chi connectivity index (χ2v) is 9.82. The average molecular weight is 500 g/mol. The predicted molar refractivity (Wildman–Crippen MR) is 138 cm³/mol. The molecular weight excluding hydrogens is 466 g/mol. The molecule has 0 aliphatic carbocycles. The van der Waals surface area contributed by atoms with Crippen molar-refractivity contribution in [1.82, 2.24) is 14.8 Å². The fourth-order valence-corrected chi connectivity index (χ4v) is 4.89. The van der Waals surface area contributed by atoms with Crippen molar-refractivity contribution < 1.29 is 14.3 Å². The molecule has 0 atom stereocenters. The summed E-state index contributed by atoms with van der Waals surface area (Å²) in [5, 5.41) is 3.43. The minimum absolute atomic E-state index is 0.235. The molecule has 0 spiro atoms. The van der Waals surface area contributed by atoms with Gasteiger partial charge in [-0.3, -0.25) is 9.59 Å². The Morgan fingerprint density at radius 1 is 1.09 bits per heavy atom. The van der Waals surface area contributed by atoms with Crippen LogP contribution in [0.3, 0.4) is 0 Å². The van der Waals surface area contributed by atoms with E-state index in [9.17, 15) is 9.59 Å². The number of amides is 2. The van der Waals surface area contributed by atoms with Gasteiger partial charge in [0.15, 0.2) is 5.82 Å². The van der Waals surface area contributed by atoms with Crippen LogP contribution in [0.2, 0.25) is 5.02 Å². The third-order valence-corrected chi connectivity index (χ3v) is 7.09. The van der Waals surface area contributed by atoms with Crippen molar-refractivity contribution in [1.29, 1.82) is 0 Å². The number of carbonyl (C=O) groups excluding carboxylic acids is 2. The number of pyridine rings is 1. The molecule has 2 fully saturated rings. The van der Waals surface area contributed by atoms with Gasteiger partial charge in [0, 0.05) is 50.9 Å². The Bertz CT molecular complexity index is 1020. The van der Waals surface area contributed by atoms with Crippen LogP contribution in [0.5, 0.6) is 5.75 Å². The summed E-state index contributed by atoms with van der Waals surface area (Å²) in [4.78, 5) is 36.7. The SMILES string of the molecule is COc1ccc(C(=O)Nc2cc(Cl)cnc2N2CCC(CC(=O)N3CCCN(C)CC3)CC2)cc1. The van der Waals surface area contributed by atoms with Gasteiger partial charge in [0.25, 0.3) is 5.91 Å².